The van der Waals surface area contributed by atoms with Crippen LogP contribution in [-0.4, -0.2) is 23.9 Å². The van der Waals surface area contributed by atoms with Gasteiger partial charge in [-0.3, -0.25) is 14.9 Å². The van der Waals surface area contributed by atoms with Crippen molar-refractivity contribution in [3.8, 4) is 0 Å². The van der Waals surface area contributed by atoms with Gasteiger partial charge in [0.05, 0.1) is 16.9 Å². The topological polar surface area (TPSA) is 84.3 Å². The maximum absolute atomic E-state index is 12.6. The first-order valence-corrected chi connectivity index (χ1v) is 8.09. The van der Waals surface area contributed by atoms with Crippen LogP contribution in [0.25, 0.3) is 0 Å². The molecule has 0 fully saturated rings. The summed E-state index contributed by atoms with van der Waals surface area (Å²) in [5.41, 5.74) is -0.910. The molecule has 0 aliphatic heterocycles. The number of nitro groups is 1. The number of hydrogen-bond donors (Lipinski definition) is 2. The molecule has 0 aliphatic carbocycles. The van der Waals surface area contributed by atoms with E-state index in [-0.39, 0.29) is 31.1 Å². The van der Waals surface area contributed by atoms with Crippen LogP contribution in [0.3, 0.4) is 0 Å². The Kier molecular flexibility index (Phi) is 5.97. The first-order chi connectivity index (χ1) is 11.8. The van der Waals surface area contributed by atoms with E-state index in [0.717, 1.165) is 17.7 Å². The van der Waals surface area contributed by atoms with Gasteiger partial charge in [-0.25, -0.2) is 0 Å². The lowest BCUT2D eigenvalue weighted by Gasteiger charge is -2.11. The largest absolute Gasteiger partial charge is 0.416 e. The number of carbonyl (C=O) groups is 1. The van der Waals surface area contributed by atoms with Crippen LogP contribution in [0.2, 0.25) is 0 Å². The van der Waals surface area contributed by atoms with E-state index in [9.17, 15) is 28.1 Å². The molecule has 1 heterocycles. The third kappa shape index (κ3) is 5.45. The molecule has 0 saturated heterocycles. The molecule has 0 unspecified atom stereocenters. The molecule has 1 aromatic heterocycles. The highest BCUT2D eigenvalue weighted by atomic mass is 32.1. The average Bonchev–Trinajstić information content (AvgIpc) is 3.03. The number of hydrogen-bond acceptors (Lipinski definition) is 5. The molecular formula is C15H14F3N3O3S. The third-order valence-electron chi connectivity index (χ3n) is 3.23. The molecule has 0 saturated carbocycles. The van der Waals surface area contributed by atoms with Crippen molar-refractivity contribution >= 4 is 28.6 Å². The van der Waals surface area contributed by atoms with E-state index in [0.29, 0.717) is 6.07 Å². The SMILES string of the molecule is O=C(Cc1ccsc1)NCCNc1ccc(C(F)(F)F)cc1[N+](=O)[O-]. The lowest BCUT2D eigenvalue weighted by atomic mass is 10.1. The molecular weight excluding hydrogens is 359 g/mol. The number of nitro benzene ring substituents is 1. The molecule has 1 aromatic carbocycles. The fourth-order valence-electron chi connectivity index (χ4n) is 2.05. The molecule has 2 rings (SSSR count). The van der Waals surface area contributed by atoms with Crippen LogP contribution in [0.4, 0.5) is 24.5 Å². The number of nitrogens with one attached hydrogen (secondary N) is 2. The Labute approximate surface area is 144 Å². The van der Waals surface area contributed by atoms with Gasteiger partial charge < -0.3 is 10.6 Å². The first kappa shape index (κ1) is 18.7. The minimum Gasteiger partial charge on any atom is -0.378 e. The summed E-state index contributed by atoms with van der Waals surface area (Å²) in [6.07, 6.45) is -4.43. The molecule has 1 amide bonds. The Bertz CT molecular complexity index is 748. The van der Waals surface area contributed by atoms with E-state index < -0.39 is 22.4 Å². The maximum atomic E-state index is 12.6. The number of anilines is 1. The summed E-state index contributed by atoms with van der Waals surface area (Å²) in [6, 6.07) is 4.09. The van der Waals surface area contributed by atoms with Crippen LogP contribution in [-0.2, 0) is 17.4 Å². The van der Waals surface area contributed by atoms with Gasteiger partial charge >= 0.3 is 6.18 Å². The molecule has 25 heavy (non-hydrogen) atoms. The van der Waals surface area contributed by atoms with Gasteiger partial charge in [0.2, 0.25) is 5.91 Å². The molecule has 2 aromatic rings. The second-order valence-corrected chi connectivity index (χ2v) is 5.85. The van der Waals surface area contributed by atoms with E-state index in [1.54, 1.807) is 0 Å². The zero-order valence-corrected chi connectivity index (χ0v) is 13.6. The van der Waals surface area contributed by atoms with E-state index in [1.807, 2.05) is 16.8 Å². The Morgan fingerprint density at radius 3 is 2.60 bits per heavy atom. The van der Waals surface area contributed by atoms with Crippen molar-refractivity contribution in [3.63, 3.8) is 0 Å². The number of halogens is 3. The number of benzene rings is 1. The number of rotatable bonds is 7. The molecule has 10 heteroatoms. The first-order valence-electron chi connectivity index (χ1n) is 7.14. The smallest absolute Gasteiger partial charge is 0.378 e. The van der Waals surface area contributed by atoms with Crippen LogP contribution in [0, 0.1) is 10.1 Å². The molecule has 0 aliphatic rings. The average molecular weight is 373 g/mol. The quantitative estimate of drug-likeness (QED) is 0.442. The van der Waals surface area contributed by atoms with E-state index >= 15 is 0 Å². The zero-order chi connectivity index (χ0) is 18.4. The highest BCUT2D eigenvalue weighted by molar-refractivity contribution is 7.08. The summed E-state index contributed by atoms with van der Waals surface area (Å²) in [7, 11) is 0. The Balaban J connectivity index is 1.89. The van der Waals surface area contributed by atoms with Crippen LogP contribution >= 0.6 is 11.3 Å². The number of alkyl halides is 3. The number of thiophene rings is 1. The van der Waals surface area contributed by atoms with Crippen molar-refractivity contribution in [1.29, 1.82) is 0 Å². The summed E-state index contributed by atoms with van der Waals surface area (Å²) in [5.74, 6) is -0.206. The summed E-state index contributed by atoms with van der Waals surface area (Å²) < 4.78 is 37.9. The molecule has 0 bridgehead atoms. The monoisotopic (exact) mass is 373 g/mol. The summed E-state index contributed by atoms with van der Waals surface area (Å²) in [4.78, 5) is 21.8. The number of amides is 1. The number of carbonyl (C=O) groups excluding carboxylic acids is 1. The summed E-state index contributed by atoms with van der Waals surface area (Å²) in [6.45, 7) is 0.322. The third-order valence-corrected chi connectivity index (χ3v) is 3.96. The Morgan fingerprint density at radius 1 is 1.24 bits per heavy atom. The van der Waals surface area contributed by atoms with Crippen LogP contribution < -0.4 is 10.6 Å². The van der Waals surface area contributed by atoms with Crippen molar-refractivity contribution in [2.24, 2.45) is 0 Å². The fourth-order valence-corrected chi connectivity index (χ4v) is 2.72. The van der Waals surface area contributed by atoms with E-state index in [4.69, 9.17) is 0 Å². The second kappa shape index (κ2) is 7.97. The Morgan fingerprint density at radius 2 is 2.00 bits per heavy atom. The predicted octanol–water partition coefficient (Wildman–Crippen LogP) is 3.45. The van der Waals surface area contributed by atoms with Crippen LogP contribution in [0.1, 0.15) is 11.1 Å². The van der Waals surface area contributed by atoms with Crippen molar-refractivity contribution in [2.45, 2.75) is 12.6 Å². The van der Waals surface area contributed by atoms with Crippen molar-refractivity contribution in [3.05, 3.63) is 56.3 Å². The van der Waals surface area contributed by atoms with Gasteiger partial charge in [-0.2, -0.15) is 24.5 Å². The van der Waals surface area contributed by atoms with Crippen LogP contribution in [0.15, 0.2) is 35.0 Å². The van der Waals surface area contributed by atoms with Gasteiger partial charge in [-0.1, -0.05) is 0 Å². The van der Waals surface area contributed by atoms with Crippen molar-refractivity contribution in [2.75, 3.05) is 18.4 Å². The standard InChI is InChI=1S/C15H14F3N3O3S/c16-15(17,18)11-1-2-12(13(8-11)21(23)24)19-4-5-20-14(22)7-10-3-6-25-9-10/h1-3,6,8-9,19H,4-5,7H2,(H,20,22). The van der Waals surface area contributed by atoms with Gasteiger partial charge in [-0.05, 0) is 34.5 Å². The Hall–Kier alpha value is -2.62. The normalized spacial score (nSPS) is 11.2. The van der Waals surface area contributed by atoms with Gasteiger partial charge in [0, 0.05) is 19.2 Å². The number of nitrogens with zero attached hydrogens (tertiary/aromatic N) is 1. The minimum absolute atomic E-state index is 0.0370. The zero-order valence-electron chi connectivity index (χ0n) is 12.8. The maximum Gasteiger partial charge on any atom is 0.416 e. The summed E-state index contributed by atoms with van der Waals surface area (Å²) in [5, 5.41) is 19.9. The fraction of sp³-hybridized carbons (Fsp3) is 0.267. The van der Waals surface area contributed by atoms with Gasteiger partial charge in [0.1, 0.15) is 5.69 Å². The van der Waals surface area contributed by atoms with E-state index in [2.05, 4.69) is 10.6 Å². The van der Waals surface area contributed by atoms with Gasteiger partial charge in [0.25, 0.3) is 5.69 Å². The second-order valence-electron chi connectivity index (χ2n) is 5.07. The lowest BCUT2D eigenvalue weighted by molar-refractivity contribution is -0.384. The molecule has 6 nitrogen and oxygen atoms in total. The van der Waals surface area contributed by atoms with Crippen molar-refractivity contribution in [1.82, 2.24) is 5.32 Å². The summed E-state index contributed by atoms with van der Waals surface area (Å²) >= 11 is 1.48. The highest BCUT2D eigenvalue weighted by Crippen LogP contribution is 2.34. The van der Waals surface area contributed by atoms with E-state index in [1.165, 1.54) is 11.3 Å². The molecule has 0 atom stereocenters. The lowest BCUT2D eigenvalue weighted by Crippen LogP contribution is -2.30. The molecule has 2 N–H and O–H groups in total. The highest BCUT2D eigenvalue weighted by Gasteiger charge is 2.32. The van der Waals surface area contributed by atoms with Crippen LogP contribution in [0.5, 0.6) is 0 Å². The molecule has 0 spiro atoms. The van der Waals surface area contributed by atoms with Crippen molar-refractivity contribution < 1.29 is 22.9 Å². The van der Waals surface area contributed by atoms with Gasteiger partial charge in [-0.15, -0.1) is 0 Å². The molecule has 134 valence electrons. The molecule has 0 radical (unpaired) electrons. The predicted molar refractivity (Wildman–Crippen MR) is 87.6 cm³/mol. The van der Waals surface area contributed by atoms with Gasteiger partial charge in [0.15, 0.2) is 0 Å². The minimum atomic E-state index is -4.65.